The Balaban J connectivity index is 0.00000261. The molecule has 0 aliphatic rings. The summed E-state index contributed by atoms with van der Waals surface area (Å²) in [5.74, 6) is 0.824. The predicted octanol–water partition coefficient (Wildman–Crippen LogP) is 4.45. The lowest BCUT2D eigenvalue weighted by molar-refractivity contribution is 0.0950. The fourth-order valence-corrected chi connectivity index (χ4v) is 2.61. The molecule has 3 aromatic rings. The Morgan fingerprint density at radius 3 is 2.59 bits per heavy atom. The molecule has 0 saturated heterocycles. The van der Waals surface area contributed by atoms with Crippen molar-refractivity contribution in [3.05, 3.63) is 88.0 Å². The van der Waals surface area contributed by atoms with Gasteiger partial charge in [0.1, 0.15) is 5.75 Å². The fraction of sp³-hybridized carbons (Fsp3) is 0.100. The van der Waals surface area contributed by atoms with Crippen LogP contribution in [0.25, 0.3) is 0 Å². The molecule has 0 atom stereocenters. The molecule has 1 amide bonds. The number of pyridine rings is 1. The van der Waals surface area contributed by atoms with E-state index in [4.69, 9.17) is 10.5 Å². The maximum atomic E-state index is 12.4. The minimum absolute atomic E-state index is 0. The van der Waals surface area contributed by atoms with Crippen molar-refractivity contribution in [2.75, 3.05) is 0 Å². The third-order valence-electron chi connectivity index (χ3n) is 3.72. The topological polar surface area (TPSA) is 77.2 Å². The molecular formula is C20H19BrClN3O2. The first-order valence-electron chi connectivity index (χ1n) is 8.09. The van der Waals surface area contributed by atoms with E-state index in [2.05, 4.69) is 26.2 Å². The summed E-state index contributed by atoms with van der Waals surface area (Å²) in [7, 11) is 0. The van der Waals surface area contributed by atoms with Gasteiger partial charge in [0.2, 0.25) is 5.88 Å². The van der Waals surface area contributed by atoms with E-state index in [9.17, 15) is 4.79 Å². The molecule has 140 valence electrons. The zero-order chi connectivity index (χ0) is 18.4. The van der Waals surface area contributed by atoms with Gasteiger partial charge >= 0.3 is 0 Å². The molecule has 2 aromatic carbocycles. The third-order valence-corrected chi connectivity index (χ3v) is 4.25. The summed E-state index contributed by atoms with van der Waals surface area (Å²) in [4.78, 5) is 16.5. The number of benzene rings is 2. The molecule has 3 rings (SSSR count). The molecule has 0 aliphatic heterocycles. The number of amides is 1. The van der Waals surface area contributed by atoms with Crippen molar-refractivity contribution >= 4 is 34.2 Å². The van der Waals surface area contributed by atoms with Gasteiger partial charge in [-0.25, -0.2) is 4.98 Å². The van der Waals surface area contributed by atoms with Crippen molar-refractivity contribution in [3.8, 4) is 11.6 Å². The summed E-state index contributed by atoms with van der Waals surface area (Å²) in [6.45, 7) is 0.870. The van der Waals surface area contributed by atoms with Crippen molar-refractivity contribution in [2.24, 2.45) is 5.73 Å². The van der Waals surface area contributed by atoms with Crippen LogP contribution in [0.2, 0.25) is 0 Å². The number of hydrogen-bond donors (Lipinski definition) is 2. The van der Waals surface area contributed by atoms with Crippen molar-refractivity contribution in [3.63, 3.8) is 0 Å². The van der Waals surface area contributed by atoms with Gasteiger partial charge < -0.3 is 15.8 Å². The lowest BCUT2D eigenvalue weighted by atomic mass is 10.2. The Kier molecular flexibility index (Phi) is 7.79. The van der Waals surface area contributed by atoms with Gasteiger partial charge in [0.25, 0.3) is 5.91 Å². The zero-order valence-corrected chi connectivity index (χ0v) is 16.8. The molecule has 7 heteroatoms. The summed E-state index contributed by atoms with van der Waals surface area (Å²) in [5, 5.41) is 2.90. The Bertz CT molecular complexity index is 904. The van der Waals surface area contributed by atoms with Crippen LogP contribution >= 0.6 is 28.3 Å². The van der Waals surface area contributed by atoms with E-state index in [1.807, 2.05) is 30.3 Å². The molecule has 5 nitrogen and oxygen atoms in total. The van der Waals surface area contributed by atoms with E-state index in [1.165, 1.54) is 0 Å². The number of aromatic nitrogens is 1. The molecule has 0 unspecified atom stereocenters. The fourth-order valence-electron chi connectivity index (χ4n) is 2.34. The van der Waals surface area contributed by atoms with E-state index in [0.717, 1.165) is 15.6 Å². The Hall–Kier alpha value is -2.41. The number of halogens is 2. The lowest BCUT2D eigenvalue weighted by Gasteiger charge is -2.09. The maximum Gasteiger partial charge on any atom is 0.251 e. The quantitative estimate of drug-likeness (QED) is 0.584. The van der Waals surface area contributed by atoms with E-state index in [1.54, 1.807) is 36.5 Å². The molecule has 0 aliphatic carbocycles. The van der Waals surface area contributed by atoms with Crippen molar-refractivity contribution in [1.82, 2.24) is 10.3 Å². The van der Waals surface area contributed by atoms with Gasteiger partial charge in [0.05, 0.1) is 0 Å². The summed E-state index contributed by atoms with van der Waals surface area (Å²) in [5.41, 5.74) is 8.10. The maximum absolute atomic E-state index is 12.4. The molecule has 0 spiro atoms. The summed E-state index contributed by atoms with van der Waals surface area (Å²) < 4.78 is 6.74. The number of nitrogens with zero attached hydrogens (tertiary/aromatic N) is 1. The Morgan fingerprint density at radius 1 is 1.07 bits per heavy atom. The molecule has 3 N–H and O–H groups in total. The van der Waals surface area contributed by atoms with Crippen LogP contribution in [0.15, 0.2) is 71.3 Å². The van der Waals surface area contributed by atoms with Crippen LogP contribution in [-0.2, 0) is 13.1 Å². The first-order valence-corrected chi connectivity index (χ1v) is 8.89. The summed E-state index contributed by atoms with van der Waals surface area (Å²) in [6, 6.07) is 18.4. The number of rotatable bonds is 6. The van der Waals surface area contributed by atoms with Gasteiger partial charge in [-0.1, -0.05) is 34.1 Å². The standard InChI is InChI=1S/C20H18BrN3O2.ClH/c21-17-6-4-14(5-7-17)13-24-20(25)16-2-1-3-18(11-16)26-19-10-15(12-22)8-9-23-19;/h1-11H,12-13,22H2,(H,24,25);1H. The number of carbonyl (C=O) groups is 1. The van der Waals surface area contributed by atoms with Crippen molar-refractivity contribution in [2.45, 2.75) is 13.1 Å². The van der Waals surface area contributed by atoms with Crippen molar-refractivity contribution in [1.29, 1.82) is 0 Å². The Labute approximate surface area is 172 Å². The van der Waals surface area contributed by atoms with Gasteiger partial charge in [-0.2, -0.15) is 0 Å². The average molecular weight is 449 g/mol. The second-order valence-electron chi connectivity index (χ2n) is 5.65. The SMILES string of the molecule is Cl.NCc1ccnc(Oc2cccc(C(=O)NCc3ccc(Br)cc3)c2)c1. The second-order valence-corrected chi connectivity index (χ2v) is 6.56. The van der Waals surface area contributed by atoms with Crippen LogP contribution in [0.4, 0.5) is 0 Å². The first kappa shape index (κ1) is 20.9. The third kappa shape index (κ3) is 6.06. The van der Waals surface area contributed by atoms with Gasteiger partial charge in [-0.3, -0.25) is 4.79 Å². The highest BCUT2D eigenvalue weighted by Crippen LogP contribution is 2.21. The van der Waals surface area contributed by atoms with E-state index >= 15 is 0 Å². The van der Waals surface area contributed by atoms with Gasteiger partial charge in [0, 0.05) is 35.4 Å². The first-order chi connectivity index (χ1) is 12.6. The molecule has 1 aromatic heterocycles. The second kappa shape index (κ2) is 10.1. The highest BCUT2D eigenvalue weighted by Gasteiger charge is 2.08. The molecule has 27 heavy (non-hydrogen) atoms. The van der Waals surface area contributed by atoms with Crippen LogP contribution in [0, 0.1) is 0 Å². The van der Waals surface area contributed by atoms with E-state index < -0.39 is 0 Å². The monoisotopic (exact) mass is 447 g/mol. The summed E-state index contributed by atoms with van der Waals surface area (Å²) in [6.07, 6.45) is 1.65. The van der Waals surface area contributed by atoms with Crippen LogP contribution in [0.3, 0.4) is 0 Å². The van der Waals surface area contributed by atoms with Gasteiger partial charge in [0.15, 0.2) is 0 Å². The number of nitrogens with one attached hydrogen (secondary N) is 1. The smallest absolute Gasteiger partial charge is 0.251 e. The number of nitrogens with two attached hydrogens (primary N) is 1. The average Bonchev–Trinajstić information content (AvgIpc) is 2.67. The van der Waals surface area contributed by atoms with Gasteiger partial charge in [-0.15, -0.1) is 12.4 Å². The molecule has 1 heterocycles. The predicted molar refractivity (Wildman–Crippen MR) is 111 cm³/mol. The normalized spacial score (nSPS) is 10.0. The van der Waals surface area contributed by atoms with Crippen molar-refractivity contribution < 1.29 is 9.53 Å². The lowest BCUT2D eigenvalue weighted by Crippen LogP contribution is -2.22. The van der Waals surface area contributed by atoms with Crippen LogP contribution in [-0.4, -0.2) is 10.9 Å². The number of hydrogen-bond acceptors (Lipinski definition) is 4. The molecule has 0 radical (unpaired) electrons. The molecular weight excluding hydrogens is 430 g/mol. The minimum atomic E-state index is -0.165. The minimum Gasteiger partial charge on any atom is -0.439 e. The zero-order valence-electron chi connectivity index (χ0n) is 14.4. The van der Waals surface area contributed by atoms with E-state index in [-0.39, 0.29) is 18.3 Å². The molecule has 0 bridgehead atoms. The number of ether oxygens (including phenoxy) is 1. The molecule has 0 fully saturated rings. The van der Waals surface area contributed by atoms with Gasteiger partial charge in [-0.05, 0) is 47.5 Å². The van der Waals surface area contributed by atoms with E-state index in [0.29, 0.717) is 30.3 Å². The largest absolute Gasteiger partial charge is 0.439 e. The highest BCUT2D eigenvalue weighted by atomic mass is 79.9. The van der Waals surface area contributed by atoms with Crippen LogP contribution < -0.4 is 15.8 Å². The summed E-state index contributed by atoms with van der Waals surface area (Å²) >= 11 is 3.39. The molecule has 0 saturated carbocycles. The Morgan fingerprint density at radius 2 is 1.85 bits per heavy atom. The van der Waals surface area contributed by atoms with Crippen LogP contribution in [0.5, 0.6) is 11.6 Å². The highest BCUT2D eigenvalue weighted by molar-refractivity contribution is 9.10. The van der Waals surface area contributed by atoms with Crippen LogP contribution in [0.1, 0.15) is 21.5 Å². The number of carbonyl (C=O) groups excluding carboxylic acids is 1.